The average molecular weight is 218 g/mol. The maximum absolute atomic E-state index is 4.20. The Morgan fingerprint density at radius 3 is 2.12 bits per heavy atom. The summed E-state index contributed by atoms with van der Waals surface area (Å²) in [5.74, 6) is 0.573. The molecule has 16 heavy (non-hydrogen) atoms. The first-order valence-corrected chi connectivity index (χ1v) is 6.25. The minimum absolute atomic E-state index is 0.255. The highest BCUT2D eigenvalue weighted by atomic mass is 14.4. The van der Waals surface area contributed by atoms with Gasteiger partial charge in [-0.05, 0) is 58.3 Å². The quantitative estimate of drug-likeness (QED) is 0.553. The molecule has 1 saturated carbocycles. The number of hydrogen-bond acceptors (Lipinski definition) is 0. The van der Waals surface area contributed by atoms with Crippen molar-refractivity contribution in [1.82, 2.24) is 0 Å². The van der Waals surface area contributed by atoms with Crippen molar-refractivity contribution < 1.29 is 0 Å². The minimum Gasteiger partial charge on any atom is -0.0998 e. The Morgan fingerprint density at radius 1 is 1.19 bits per heavy atom. The molecule has 0 saturated heterocycles. The van der Waals surface area contributed by atoms with E-state index in [1.807, 2.05) is 0 Å². The van der Waals surface area contributed by atoms with Crippen molar-refractivity contribution >= 4 is 0 Å². The molecule has 1 aliphatic rings. The predicted molar refractivity (Wildman–Crippen MR) is 73.5 cm³/mol. The first kappa shape index (κ1) is 13.3. The molecule has 0 aromatic heterocycles. The van der Waals surface area contributed by atoms with Crippen LogP contribution >= 0.6 is 0 Å². The van der Waals surface area contributed by atoms with Crippen molar-refractivity contribution in [3.63, 3.8) is 0 Å². The lowest BCUT2D eigenvalue weighted by Crippen LogP contribution is -2.33. The van der Waals surface area contributed by atoms with Gasteiger partial charge >= 0.3 is 0 Å². The molecule has 0 amide bonds. The smallest absolute Gasteiger partial charge is 0.00505 e. The summed E-state index contributed by atoms with van der Waals surface area (Å²) < 4.78 is 0. The summed E-state index contributed by atoms with van der Waals surface area (Å²) in [6.07, 6.45) is 3.64. The van der Waals surface area contributed by atoms with E-state index in [2.05, 4.69) is 47.8 Å². The maximum Gasteiger partial charge on any atom is -0.00505 e. The van der Waals surface area contributed by atoms with Gasteiger partial charge in [-0.2, -0.15) is 0 Å². The van der Waals surface area contributed by atoms with Crippen LogP contribution in [0.15, 0.2) is 35.5 Å². The van der Waals surface area contributed by atoms with Crippen LogP contribution in [0.25, 0.3) is 0 Å². The fourth-order valence-electron chi connectivity index (χ4n) is 2.84. The summed E-state index contributed by atoms with van der Waals surface area (Å²) in [5, 5.41) is 0. The summed E-state index contributed by atoms with van der Waals surface area (Å²) >= 11 is 0. The highest BCUT2D eigenvalue weighted by molar-refractivity contribution is 5.25. The second-order valence-electron chi connectivity index (χ2n) is 5.90. The van der Waals surface area contributed by atoms with Gasteiger partial charge in [-0.3, -0.25) is 0 Å². The monoisotopic (exact) mass is 218 g/mol. The Labute approximate surface area is 101 Å². The summed E-state index contributed by atoms with van der Waals surface area (Å²) in [6, 6.07) is 0. The van der Waals surface area contributed by atoms with E-state index >= 15 is 0 Å². The van der Waals surface area contributed by atoms with Gasteiger partial charge in [0.15, 0.2) is 0 Å². The summed E-state index contributed by atoms with van der Waals surface area (Å²) in [4.78, 5) is 0. The highest BCUT2D eigenvalue weighted by Gasteiger charge is 2.39. The molecule has 0 N–H and O–H groups in total. The molecular weight excluding hydrogens is 192 g/mol. The molecule has 0 aromatic carbocycles. The zero-order valence-corrected chi connectivity index (χ0v) is 11.6. The van der Waals surface area contributed by atoms with Gasteiger partial charge in [0.25, 0.3) is 0 Å². The van der Waals surface area contributed by atoms with Crippen LogP contribution in [0, 0.1) is 11.3 Å². The lowest BCUT2D eigenvalue weighted by Gasteiger charge is -2.44. The van der Waals surface area contributed by atoms with Crippen LogP contribution in [0.2, 0.25) is 0 Å². The third-order valence-electron chi connectivity index (χ3n) is 4.44. The van der Waals surface area contributed by atoms with Gasteiger partial charge in [-0.15, -0.1) is 0 Å². The van der Waals surface area contributed by atoms with Crippen molar-refractivity contribution in [2.75, 3.05) is 0 Å². The Morgan fingerprint density at radius 2 is 1.75 bits per heavy atom. The van der Waals surface area contributed by atoms with E-state index in [0.29, 0.717) is 5.92 Å². The molecule has 0 heteroatoms. The fraction of sp³-hybridized carbons (Fsp3) is 0.625. The largest absolute Gasteiger partial charge is 0.0998 e. The van der Waals surface area contributed by atoms with Crippen molar-refractivity contribution in [2.24, 2.45) is 11.3 Å². The first-order valence-electron chi connectivity index (χ1n) is 6.25. The predicted octanol–water partition coefficient (Wildman–Crippen LogP) is 5.28. The third-order valence-corrected chi connectivity index (χ3v) is 4.44. The first-order chi connectivity index (χ1) is 7.29. The molecule has 1 aliphatic carbocycles. The standard InChI is InChI=1S/C16H26/c1-11(2)14-8-9-16(7,13(5)6)15(10-14)12(3)4/h15H,3,5,8-10H2,1-2,4,6-7H3. The van der Waals surface area contributed by atoms with Crippen LogP contribution < -0.4 is 0 Å². The molecule has 2 atom stereocenters. The second-order valence-corrected chi connectivity index (χ2v) is 5.90. The van der Waals surface area contributed by atoms with E-state index in [1.165, 1.54) is 36.0 Å². The Bertz CT molecular complexity index is 339. The lowest BCUT2D eigenvalue weighted by atomic mass is 9.60. The van der Waals surface area contributed by atoms with Crippen molar-refractivity contribution in [3.05, 3.63) is 35.5 Å². The Kier molecular flexibility index (Phi) is 3.83. The normalized spacial score (nSPS) is 30.1. The van der Waals surface area contributed by atoms with Crippen molar-refractivity contribution in [3.8, 4) is 0 Å². The molecule has 1 rings (SSSR count). The Balaban J connectivity index is 3.06. The number of hydrogen-bond donors (Lipinski definition) is 0. The maximum atomic E-state index is 4.20. The molecule has 0 nitrogen and oxygen atoms in total. The molecule has 0 spiro atoms. The van der Waals surface area contributed by atoms with Crippen LogP contribution in [-0.4, -0.2) is 0 Å². The summed E-state index contributed by atoms with van der Waals surface area (Å²) in [7, 11) is 0. The topological polar surface area (TPSA) is 0 Å². The molecule has 1 fully saturated rings. The van der Waals surface area contributed by atoms with Gasteiger partial charge < -0.3 is 0 Å². The molecular formula is C16H26. The van der Waals surface area contributed by atoms with Crippen LogP contribution in [0.4, 0.5) is 0 Å². The van der Waals surface area contributed by atoms with Gasteiger partial charge in [-0.25, -0.2) is 0 Å². The third kappa shape index (κ3) is 2.31. The zero-order valence-electron chi connectivity index (χ0n) is 11.6. The molecule has 0 bridgehead atoms. The fourth-order valence-corrected chi connectivity index (χ4v) is 2.84. The minimum atomic E-state index is 0.255. The number of allylic oxidation sites excluding steroid dienone is 4. The number of rotatable bonds is 2. The molecule has 0 radical (unpaired) electrons. The molecule has 90 valence electrons. The SMILES string of the molecule is C=C(C)C1CC(=C(C)C)CCC1(C)C(=C)C. The summed E-state index contributed by atoms with van der Waals surface area (Å²) in [6.45, 7) is 19.5. The lowest BCUT2D eigenvalue weighted by molar-refractivity contribution is 0.221. The van der Waals surface area contributed by atoms with Crippen molar-refractivity contribution in [1.29, 1.82) is 0 Å². The van der Waals surface area contributed by atoms with Crippen LogP contribution in [0.1, 0.15) is 53.9 Å². The van der Waals surface area contributed by atoms with Gasteiger partial charge in [0.2, 0.25) is 0 Å². The van der Waals surface area contributed by atoms with E-state index in [9.17, 15) is 0 Å². The molecule has 0 aromatic rings. The van der Waals surface area contributed by atoms with E-state index in [0.717, 1.165) is 0 Å². The second kappa shape index (κ2) is 4.61. The van der Waals surface area contributed by atoms with E-state index in [1.54, 1.807) is 5.57 Å². The van der Waals surface area contributed by atoms with Crippen molar-refractivity contribution in [2.45, 2.75) is 53.9 Å². The van der Waals surface area contributed by atoms with Gasteiger partial charge in [-0.1, -0.05) is 42.4 Å². The average Bonchev–Trinajstić information content (AvgIpc) is 2.17. The van der Waals surface area contributed by atoms with Crippen LogP contribution in [0.5, 0.6) is 0 Å². The zero-order chi connectivity index (χ0) is 12.5. The Hall–Kier alpha value is -0.780. The highest BCUT2D eigenvalue weighted by Crippen LogP contribution is 2.50. The van der Waals surface area contributed by atoms with Gasteiger partial charge in [0.1, 0.15) is 0 Å². The van der Waals surface area contributed by atoms with E-state index < -0.39 is 0 Å². The van der Waals surface area contributed by atoms with Gasteiger partial charge in [0.05, 0.1) is 0 Å². The van der Waals surface area contributed by atoms with Crippen LogP contribution in [-0.2, 0) is 0 Å². The molecule has 2 unspecified atom stereocenters. The van der Waals surface area contributed by atoms with Gasteiger partial charge in [0, 0.05) is 0 Å². The molecule has 0 heterocycles. The van der Waals surface area contributed by atoms with Crippen LogP contribution in [0.3, 0.4) is 0 Å². The van der Waals surface area contributed by atoms with E-state index in [4.69, 9.17) is 0 Å². The summed E-state index contributed by atoms with van der Waals surface area (Å²) in [5.41, 5.74) is 6.00. The molecule has 0 aliphatic heterocycles. The van der Waals surface area contributed by atoms with E-state index in [-0.39, 0.29) is 5.41 Å².